The summed E-state index contributed by atoms with van der Waals surface area (Å²) >= 11 is 0. The van der Waals surface area contributed by atoms with Gasteiger partial charge in [-0.25, -0.2) is 0 Å². The zero-order valence-electron chi connectivity index (χ0n) is 19.2. The van der Waals surface area contributed by atoms with Crippen LogP contribution in [0, 0.1) is 0 Å². The normalized spacial score (nSPS) is 14.5. The topological polar surface area (TPSA) is 89.8 Å². The maximum Gasteiger partial charge on any atom is 0.220 e. The summed E-state index contributed by atoms with van der Waals surface area (Å²) in [5, 5.41) is 32.6. The van der Waals surface area contributed by atoms with E-state index in [9.17, 15) is 20.1 Å². The highest BCUT2D eigenvalue weighted by molar-refractivity contribution is 5.76. The molecule has 0 bridgehead atoms. The van der Waals surface area contributed by atoms with Crippen LogP contribution < -0.4 is 5.32 Å². The SMILES string of the molecule is CCCCCCCCCCCCCCC(O)C(O)C(CO)NC(=O)CCCCC. The van der Waals surface area contributed by atoms with E-state index in [-0.39, 0.29) is 12.5 Å². The molecule has 0 spiro atoms. The molecule has 0 rings (SSSR count). The largest absolute Gasteiger partial charge is 0.394 e. The molecular weight excluding hydrogens is 366 g/mol. The Balaban J connectivity index is 3.72. The molecule has 3 atom stereocenters. The van der Waals surface area contributed by atoms with Gasteiger partial charge >= 0.3 is 0 Å². The molecule has 174 valence electrons. The number of carbonyl (C=O) groups is 1. The lowest BCUT2D eigenvalue weighted by atomic mass is 9.99. The van der Waals surface area contributed by atoms with Crippen LogP contribution in [-0.2, 0) is 4.79 Å². The van der Waals surface area contributed by atoms with Crippen molar-refractivity contribution in [1.29, 1.82) is 0 Å². The molecule has 0 saturated heterocycles. The lowest BCUT2D eigenvalue weighted by Crippen LogP contribution is -2.50. The van der Waals surface area contributed by atoms with Gasteiger partial charge in [0.1, 0.15) is 6.10 Å². The Bertz CT molecular complexity index is 365. The van der Waals surface area contributed by atoms with Crippen molar-refractivity contribution in [3.05, 3.63) is 0 Å². The fraction of sp³-hybridized carbons (Fsp3) is 0.958. The highest BCUT2D eigenvalue weighted by Crippen LogP contribution is 2.14. The van der Waals surface area contributed by atoms with Crippen molar-refractivity contribution in [3.63, 3.8) is 0 Å². The van der Waals surface area contributed by atoms with Crippen molar-refractivity contribution < 1.29 is 20.1 Å². The molecule has 5 nitrogen and oxygen atoms in total. The van der Waals surface area contributed by atoms with Crippen molar-refractivity contribution in [1.82, 2.24) is 5.32 Å². The van der Waals surface area contributed by atoms with Gasteiger partial charge in [0, 0.05) is 6.42 Å². The fourth-order valence-corrected chi connectivity index (χ4v) is 3.69. The summed E-state index contributed by atoms with van der Waals surface area (Å²) in [4.78, 5) is 11.9. The molecule has 1 amide bonds. The first-order chi connectivity index (χ1) is 14.1. The molecule has 0 heterocycles. The zero-order chi connectivity index (χ0) is 21.7. The van der Waals surface area contributed by atoms with Crippen LogP contribution in [0.25, 0.3) is 0 Å². The summed E-state index contributed by atoms with van der Waals surface area (Å²) in [5.41, 5.74) is 0. The lowest BCUT2D eigenvalue weighted by Gasteiger charge is -2.26. The summed E-state index contributed by atoms with van der Waals surface area (Å²) in [5.74, 6) is -0.172. The van der Waals surface area contributed by atoms with Gasteiger partial charge < -0.3 is 20.6 Å². The third kappa shape index (κ3) is 16.8. The van der Waals surface area contributed by atoms with E-state index >= 15 is 0 Å². The van der Waals surface area contributed by atoms with Crippen LogP contribution in [-0.4, -0.2) is 46.1 Å². The monoisotopic (exact) mass is 415 g/mol. The third-order valence-corrected chi connectivity index (χ3v) is 5.71. The minimum absolute atomic E-state index is 0.172. The lowest BCUT2D eigenvalue weighted by molar-refractivity contribution is -0.124. The average Bonchev–Trinajstić information content (AvgIpc) is 2.72. The highest BCUT2D eigenvalue weighted by Gasteiger charge is 2.26. The predicted molar refractivity (Wildman–Crippen MR) is 121 cm³/mol. The first kappa shape index (κ1) is 28.4. The Morgan fingerprint density at radius 2 is 1.17 bits per heavy atom. The Labute approximate surface area is 179 Å². The van der Waals surface area contributed by atoms with Crippen LogP contribution in [0.3, 0.4) is 0 Å². The van der Waals surface area contributed by atoms with E-state index in [0.29, 0.717) is 12.8 Å². The van der Waals surface area contributed by atoms with Crippen molar-refractivity contribution in [2.45, 2.75) is 141 Å². The molecule has 0 aliphatic heterocycles. The molecule has 0 saturated carbocycles. The molecule has 4 N–H and O–H groups in total. The zero-order valence-corrected chi connectivity index (χ0v) is 19.2. The number of aliphatic hydroxyl groups excluding tert-OH is 3. The number of carbonyl (C=O) groups excluding carboxylic acids is 1. The van der Waals surface area contributed by atoms with Crippen LogP contribution in [0.1, 0.15) is 123 Å². The molecule has 0 radical (unpaired) electrons. The Morgan fingerprint density at radius 1 is 0.724 bits per heavy atom. The number of unbranched alkanes of at least 4 members (excludes halogenated alkanes) is 13. The molecule has 5 heteroatoms. The second-order valence-corrected chi connectivity index (χ2v) is 8.55. The van der Waals surface area contributed by atoms with E-state index < -0.39 is 18.2 Å². The number of aliphatic hydroxyl groups is 3. The standard InChI is InChI=1S/C24H49NO4/c1-3-5-7-8-9-10-11-12-13-14-15-17-18-22(27)24(29)21(20-26)25-23(28)19-16-6-4-2/h21-22,24,26-27,29H,3-20H2,1-2H3,(H,25,28). The van der Waals surface area contributed by atoms with Crippen LogP contribution in [0.2, 0.25) is 0 Å². The first-order valence-corrected chi connectivity index (χ1v) is 12.3. The van der Waals surface area contributed by atoms with Crippen molar-refractivity contribution in [2.24, 2.45) is 0 Å². The van der Waals surface area contributed by atoms with Gasteiger partial charge in [0.2, 0.25) is 5.91 Å². The minimum Gasteiger partial charge on any atom is -0.394 e. The molecule has 29 heavy (non-hydrogen) atoms. The quantitative estimate of drug-likeness (QED) is 0.202. The third-order valence-electron chi connectivity index (χ3n) is 5.71. The second-order valence-electron chi connectivity index (χ2n) is 8.55. The molecule has 0 aromatic carbocycles. The summed E-state index contributed by atoms with van der Waals surface area (Å²) in [6.45, 7) is 3.96. The van der Waals surface area contributed by atoms with Gasteiger partial charge in [-0.15, -0.1) is 0 Å². The molecule has 0 aliphatic rings. The number of nitrogens with one attached hydrogen (secondary N) is 1. The van der Waals surface area contributed by atoms with Gasteiger partial charge in [0.15, 0.2) is 0 Å². The van der Waals surface area contributed by atoms with Gasteiger partial charge in [-0.2, -0.15) is 0 Å². The molecular formula is C24H49NO4. The second kappa shape index (κ2) is 20.6. The highest BCUT2D eigenvalue weighted by atomic mass is 16.3. The van der Waals surface area contributed by atoms with Crippen LogP contribution >= 0.6 is 0 Å². The van der Waals surface area contributed by atoms with Crippen molar-refractivity contribution in [3.8, 4) is 0 Å². The van der Waals surface area contributed by atoms with Crippen LogP contribution in [0.4, 0.5) is 0 Å². The summed E-state index contributed by atoms with van der Waals surface area (Å²) < 4.78 is 0. The number of hydrogen-bond donors (Lipinski definition) is 4. The smallest absolute Gasteiger partial charge is 0.220 e. The van der Waals surface area contributed by atoms with Crippen molar-refractivity contribution >= 4 is 5.91 Å². The molecule has 0 aromatic heterocycles. The van der Waals surface area contributed by atoms with E-state index in [2.05, 4.69) is 19.2 Å². The predicted octanol–water partition coefficient (Wildman–Crippen LogP) is 4.86. The number of hydrogen-bond acceptors (Lipinski definition) is 4. The first-order valence-electron chi connectivity index (χ1n) is 12.3. The van der Waals surface area contributed by atoms with Gasteiger partial charge in [-0.1, -0.05) is 104 Å². The molecule has 0 aromatic rings. The number of rotatable bonds is 21. The van der Waals surface area contributed by atoms with Crippen molar-refractivity contribution in [2.75, 3.05) is 6.61 Å². The summed E-state index contributed by atoms with van der Waals surface area (Å²) in [7, 11) is 0. The maximum atomic E-state index is 11.9. The molecule has 3 unspecified atom stereocenters. The Kier molecular flexibility index (Phi) is 20.2. The van der Waals surface area contributed by atoms with Gasteiger partial charge in [-0.05, 0) is 12.8 Å². The summed E-state index contributed by atoms with van der Waals surface area (Å²) in [6, 6.07) is -0.795. The van der Waals surface area contributed by atoms with E-state index in [4.69, 9.17) is 0 Å². The van der Waals surface area contributed by atoms with E-state index in [1.54, 1.807) is 0 Å². The van der Waals surface area contributed by atoms with E-state index in [0.717, 1.165) is 38.5 Å². The fourth-order valence-electron chi connectivity index (χ4n) is 3.69. The minimum atomic E-state index is -1.12. The van der Waals surface area contributed by atoms with Crippen LogP contribution in [0.15, 0.2) is 0 Å². The van der Waals surface area contributed by atoms with E-state index in [1.807, 2.05) is 0 Å². The summed E-state index contributed by atoms with van der Waals surface area (Å²) in [6.07, 6.45) is 16.8. The van der Waals surface area contributed by atoms with Gasteiger partial charge in [0.25, 0.3) is 0 Å². The molecule has 0 aliphatic carbocycles. The van der Waals surface area contributed by atoms with Gasteiger partial charge in [0.05, 0.1) is 18.8 Å². The van der Waals surface area contributed by atoms with Gasteiger partial charge in [-0.3, -0.25) is 4.79 Å². The van der Waals surface area contributed by atoms with E-state index in [1.165, 1.54) is 57.8 Å². The Morgan fingerprint density at radius 3 is 1.66 bits per heavy atom. The van der Waals surface area contributed by atoms with Crippen LogP contribution in [0.5, 0.6) is 0 Å². The number of amides is 1. The Hall–Kier alpha value is -0.650. The molecule has 0 fully saturated rings. The maximum absolute atomic E-state index is 11.9. The average molecular weight is 416 g/mol.